The van der Waals surface area contributed by atoms with E-state index in [0.29, 0.717) is 28.4 Å². The van der Waals surface area contributed by atoms with Gasteiger partial charge in [0.05, 0.1) is 27.8 Å². The van der Waals surface area contributed by atoms with Gasteiger partial charge in [-0.2, -0.15) is 0 Å². The van der Waals surface area contributed by atoms with Gasteiger partial charge in [0.1, 0.15) is 0 Å². The van der Waals surface area contributed by atoms with Crippen molar-refractivity contribution in [2.75, 3.05) is 21.3 Å². The van der Waals surface area contributed by atoms with Gasteiger partial charge in [0.15, 0.2) is 17.5 Å². The standard InChI is InChI=1S/C21H25NO6/c1-12-7-6-8-15(13(12)2)19(21(24)25)22-18(23)11-14-9-16(26-3)20(28-5)17(10-14)27-4/h6-10,19H,11H2,1-5H3,(H,22,23)(H,24,25). The van der Waals surface area contributed by atoms with Crippen LogP contribution >= 0.6 is 0 Å². The van der Waals surface area contributed by atoms with E-state index in [1.54, 1.807) is 24.3 Å². The van der Waals surface area contributed by atoms with E-state index in [1.165, 1.54) is 21.3 Å². The minimum Gasteiger partial charge on any atom is -0.493 e. The molecule has 0 bridgehead atoms. The van der Waals surface area contributed by atoms with Gasteiger partial charge in [-0.05, 0) is 48.2 Å². The summed E-state index contributed by atoms with van der Waals surface area (Å²) in [4.78, 5) is 24.3. The number of aliphatic carboxylic acids is 1. The molecule has 0 fully saturated rings. The van der Waals surface area contributed by atoms with Crippen LogP contribution in [0.2, 0.25) is 0 Å². The van der Waals surface area contributed by atoms with Gasteiger partial charge in [0.2, 0.25) is 11.7 Å². The third-order valence-corrected chi connectivity index (χ3v) is 4.60. The summed E-state index contributed by atoms with van der Waals surface area (Å²) < 4.78 is 15.8. The van der Waals surface area contributed by atoms with E-state index in [4.69, 9.17) is 14.2 Å². The molecule has 7 heteroatoms. The highest BCUT2D eigenvalue weighted by Gasteiger charge is 2.24. The maximum atomic E-state index is 12.6. The topological polar surface area (TPSA) is 94.1 Å². The molecule has 150 valence electrons. The zero-order valence-corrected chi connectivity index (χ0v) is 16.7. The molecule has 2 aromatic rings. The first kappa shape index (κ1) is 21.1. The first-order chi connectivity index (χ1) is 13.3. The van der Waals surface area contributed by atoms with Crippen LogP contribution < -0.4 is 19.5 Å². The Morgan fingerprint density at radius 2 is 1.64 bits per heavy atom. The van der Waals surface area contributed by atoms with Crippen LogP contribution in [0.4, 0.5) is 0 Å². The van der Waals surface area contributed by atoms with Crippen molar-refractivity contribution in [1.82, 2.24) is 5.32 Å². The molecule has 1 unspecified atom stereocenters. The first-order valence-electron chi connectivity index (χ1n) is 8.69. The lowest BCUT2D eigenvalue weighted by molar-refractivity contribution is -0.142. The van der Waals surface area contributed by atoms with Crippen molar-refractivity contribution in [3.05, 3.63) is 52.6 Å². The van der Waals surface area contributed by atoms with E-state index in [1.807, 2.05) is 19.9 Å². The quantitative estimate of drug-likeness (QED) is 0.723. The van der Waals surface area contributed by atoms with Gasteiger partial charge in [-0.3, -0.25) is 4.79 Å². The number of aryl methyl sites for hydroxylation is 1. The lowest BCUT2D eigenvalue weighted by Crippen LogP contribution is -2.35. The number of carboxylic acids is 1. The molecule has 1 atom stereocenters. The van der Waals surface area contributed by atoms with Crippen molar-refractivity contribution in [2.45, 2.75) is 26.3 Å². The molecule has 2 rings (SSSR count). The fourth-order valence-corrected chi connectivity index (χ4v) is 2.99. The van der Waals surface area contributed by atoms with Crippen molar-refractivity contribution >= 4 is 11.9 Å². The number of carboxylic acid groups (broad SMARTS) is 1. The van der Waals surface area contributed by atoms with E-state index in [-0.39, 0.29) is 6.42 Å². The highest BCUT2D eigenvalue weighted by atomic mass is 16.5. The molecule has 1 amide bonds. The smallest absolute Gasteiger partial charge is 0.330 e. The van der Waals surface area contributed by atoms with E-state index in [0.717, 1.165) is 11.1 Å². The van der Waals surface area contributed by atoms with Gasteiger partial charge in [0.25, 0.3) is 0 Å². The second-order valence-corrected chi connectivity index (χ2v) is 6.34. The number of benzene rings is 2. The molecule has 0 heterocycles. The summed E-state index contributed by atoms with van der Waals surface area (Å²) in [6.07, 6.45) is -0.0364. The normalized spacial score (nSPS) is 11.5. The van der Waals surface area contributed by atoms with Gasteiger partial charge >= 0.3 is 5.97 Å². The Kier molecular flexibility index (Phi) is 6.87. The van der Waals surface area contributed by atoms with E-state index >= 15 is 0 Å². The largest absolute Gasteiger partial charge is 0.493 e. The van der Waals surface area contributed by atoms with Crippen molar-refractivity contribution in [2.24, 2.45) is 0 Å². The van der Waals surface area contributed by atoms with Gasteiger partial charge < -0.3 is 24.6 Å². The van der Waals surface area contributed by atoms with Gasteiger partial charge in [-0.25, -0.2) is 4.79 Å². The molecule has 28 heavy (non-hydrogen) atoms. The summed E-state index contributed by atoms with van der Waals surface area (Å²) in [7, 11) is 4.47. The van der Waals surface area contributed by atoms with Crippen molar-refractivity contribution in [1.29, 1.82) is 0 Å². The molecule has 0 saturated heterocycles. The van der Waals surface area contributed by atoms with E-state index in [9.17, 15) is 14.7 Å². The molecular formula is C21H25NO6. The van der Waals surface area contributed by atoms with Crippen LogP contribution in [0.3, 0.4) is 0 Å². The van der Waals surface area contributed by atoms with Gasteiger partial charge in [0, 0.05) is 0 Å². The number of carbonyl (C=O) groups excluding carboxylic acids is 1. The van der Waals surface area contributed by atoms with Crippen LogP contribution in [0.5, 0.6) is 17.2 Å². The second kappa shape index (κ2) is 9.12. The molecule has 0 spiro atoms. The summed E-state index contributed by atoms with van der Waals surface area (Å²) >= 11 is 0. The summed E-state index contributed by atoms with van der Waals surface area (Å²) in [6, 6.07) is 7.58. The maximum absolute atomic E-state index is 12.6. The summed E-state index contributed by atoms with van der Waals surface area (Å²) in [5.74, 6) is -0.273. The average molecular weight is 387 g/mol. The zero-order chi connectivity index (χ0) is 20.8. The fourth-order valence-electron chi connectivity index (χ4n) is 2.99. The molecule has 0 aromatic heterocycles. The number of amides is 1. The molecule has 0 aliphatic heterocycles. The third kappa shape index (κ3) is 4.54. The number of rotatable bonds is 8. The number of hydrogen-bond donors (Lipinski definition) is 2. The van der Waals surface area contributed by atoms with Crippen molar-refractivity contribution in [3.63, 3.8) is 0 Å². The Labute approximate surface area is 164 Å². The Hall–Kier alpha value is -3.22. The van der Waals surface area contributed by atoms with Crippen LogP contribution in [0.1, 0.15) is 28.3 Å². The monoisotopic (exact) mass is 387 g/mol. The highest BCUT2D eigenvalue weighted by molar-refractivity contribution is 5.86. The van der Waals surface area contributed by atoms with Crippen LogP contribution in [0.25, 0.3) is 0 Å². The van der Waals surface area contributed by atoms with Gasteiger partial charge in [-0.1, -0.05) is 18.2 Å². The molecule has 0 saturated carbocycles. The van der Waals surface area contributed by atoms with Crippen LogP contribution in [0, 0.1) is 13.8 Å². The molecular weight excluding hydrogens is 362 g/mol. The molecule has 7 nitrogen and oxygen atoms in total. The van der Waals surface area contributed by atoms with Gasteiger partial charge in [-0.15, -0.1) is 0 Å². The first-order valence-corrected chi connectivity index (χ1v) is 8.69. The number of methoxy groups -OCH3 is 3. The van der Waals surface area contributed by atoms with E-state index in [2.05, 4.69) is 5.32 Å². The minimum atomic E-state index is -1.13. The highest BCUT2D eigenvalue weighted by Crippen LogP contribution is 2.38. The predicted octanol–water partition coefficient (Wildman–Crippen LogP) is 2.81. The Balaban J connectivity index is 2.26. The predicted molar refractivity (Wildman–Crippen MR) is 104 cm³/mol. The molecule has 2 N–H and O–H groups in total. The minimum absolute atomic E-state index is 0.0364. The van der Waals surface area contributed by atoms with Crippen LogP contribution in [-0.4, -0.2) is 38.3 Å². The molecule has 2 aromatic carbocycles. The number of ether oxygens (including phenoxy) is 3. The number of carbonyl (C=O) groups is 2. The van der Waals surface area contributed by atoms with Crippen molar-refractivity contribution < 1.29 is 28.9 Å². The second-order valence-electron chi connectivity index (χ2n) is 6.34. The lowest BCUT2D eigenvalue weighted by atomic mass is 9.97. The Bertz CT molecular complexity index is 852. The molecule has 0 aliphatic carbocycles. The number of nitrogens with one attached hydrogen (secondary N) is 1. The van der Waals surface area contributed by atoms with E-state index < -0.39 is 17.9 Å². The zero-order valence-electron chi connectivity index (χ0n) is 16.7. The van der Waals surface area contributed by atoms with Crippen molar-refractivity contribution in [3.8, 4) is 17.2 Å². The van der Waals surface area contributed by atoms with Crippen LogP contribution in [0.15, 0.2) is 30.3 Å². The van der Waals surface area contributed by atoms with Crippen LogP contribution in [-0.2, 0) is 16.0 Å². The average Bonchev–Trinajstić information content (AvgIpc) is 2.67. The molecule has 0 aliphatic rings. The maximum Gasteiger partial charge on any atom is 0.330 e. The number of hydrogen-bond acceptors (Lipinski definition) is 5. The lowest BCUT2D eigenvalue weighted by Gasteiger charge is -2.19. The Morgan fingerprint density at radius 3 is 2.14 bits per heavy atom. The third-order valence-electron chi connectivity index (χ3n) is 4.60. The summed E-state index contributed by atoms with van der Waals surface area (Å²) in [5, 5.41) is 12.2. The fraction of sp³-hybridized carbons (Fsp3) is 0.333. The summed E-state index contributed by atoms with van der Waals surface area (Å²) in [6.45, 7) is 3.74. The SMILES string of the molecule is COc1cc(CC(=O)NC(C(=O)O)c2cccc(C)c2C)cc(OC)c1OC. The Morgan fingerprint density at radius 1 is 1.04 bits per heavy atom. The molecule has 0 radical (unpaired) electrons. The summed E-state index contributed by atoms with van der Waals surface area (Å²) in [5.41, 5.74) is 2.97.